The van der Waals surface area contributed by atoms with Gasteiger partial charge in [-0.3, -0.25) is 9.97 Å². The molecule has 6 heteroatoms. The van der Waals surface area contributed by atoms with Gasteiger partial charge in [0.15, 0.2) is 5.11 Å². The van der Waals surface area contributed by atoms with Crippen LogP contribution in [0.2, 0.25) is 0 Å². The van der Waals surface area contributed by atoms with E-state index < -0.39 is 0 Å². The van der Waals surface area contributed by atoms with Gasteiger partial charge >= 0.3 is 0 Å². The maximum absolute atomic E-state index is 5.87. The largest absolute Gasteiger partial charge is 0.351 e. The highest BCUT2D eigenvalue weighted by Crippen LogP contribution is 2.43. The maximum atomic E-state index is 5.87. The summed E-state index contributed by atoms with van der Waals surface area (Å²) in [5.41, 5.74) is 8.17. The zero-order valence-corrected chi connectivity index (χ0v) is 19.9. The van der Waals surface area contributed by atoms with Crippen LogP contribution in [0.1, 0.15) is 45.9 Å². The van der Waals surface area contributed by atoms with Gasteiger partial charge in [-0.2, -0.15) is 0 Å². The second-order valence-corrected chi connectivity index (χ2v) is 8.99. The molecular weight excluding hydrogens is 426 g/mol. The summed E-state index contributed by atoms with van der Waals surface area (Å²) in [6.45, 7) is 7.25. The van der Waals surface area contributed by atoms with Crippen LogP contribution in [-0.2, 0) is 6.54 Å². The third-order valence-corrected chi connectivity index (χ3v) is 6.72. The lowest BCUT2D eigenvalue weighted by Gasteiger charge is -2.28. The molecule has 0 radical (unpaired) electrons. The fourth-order valence-corrected chi connectivity index (χ4v) is 5.05. The fourth-order valence-electron chi connectivity index (χ4n) is 4.70. The molecule has 0 aliphatic carbocycles. The predicted molar refractivity (Wildman–Crippen MR) is 136 cm³/mol. The molecule has 0 spiro atoms. The molecule has 1 saturated heterocycles. The molecule has 0 saturated carbocycles. The second-order valence-electron chi connectivity index (χ2n) is 8.61. The Labute approximate surface area is 200 Å². The molecule has 5 nitrogen and oxygen atoms in total. The second kappa shape index (κ2) is 8.79. The van der Waals surface area contributed by atoms with Gasteiger partial charge < -0.3 is 14.8 Å². The molecule has 1 aliphatic rings. The summed E-state index contributed by atoms with van der Waals surface area (Å²) in [5, 5.41) is 4.28. The number of anilines is 1. The summed E-state index contributed by atoms with van der Waals surface area (Å²) < 4.78 is 2.36. The fraction of sp³-hybridized carbons (Fsp3) is 0.222. The van der Waals surface area contributed by atoms with Gasteiger partial charge in [-0.1, -0.05) is 29.8 Å². The minimum atomic E-state index is -0.0488. The minimum absolute atomic E-state index is 0.0102. The van der Waals surface area contributed by atoms with Crippen molar-refractivity contribution in [3.05, 3.63) is 113 Å². The lowest BCUT2D eigenvalue weighted by Crippen LogP contribution is -2.29. The number of thiocarbonyl (C=S) groups is 1. The van der Waals surface area contributed by atoms with Gasteiger partial charge in [0.1, 0.15) is 0 Å². The van der Waals surface area contributed by atoms with Crippen molar-refractivity contribution in [2.75, 3.05) is 4.90 Å². The van der Waals surface area contributed by atoms with Crippen LogP contribution in [0, 0.1) is 20.8 Å². The van der Waals surface area contributed by atoms with E-state index in [1.54, 1.807) is 0 Å². The molecule has 5 rings (SSSR count). The van der Waals surface area contributed by atoms with Gasteiger partial charge in [0.05, 0.1) is 17.8 Å². The molecular formula is C27H27N5S. The standard InChI is InChI=1S/C27H27N5S/c1-18-9-11-22(12-10-18)32-26(25(30-27(32)33)24-8-4-5-14-29-24)23-15-19(2)31(20(23)3)17-21-7-6-13-28-16-21/h4-16,25-26H,17H2,1-3H3,(H,30,33)/t25-,26-/m0/s1. The zero-order chi connectivity index (χ0) is 22.9. The summed E-state index contributed by atoms with van der Waals surface area (Å²) >= 11 is 5.87. The van der Waals surface area contributed by atoms with Gasteiger partial charge in [-0.25, -0.2) is 0 Å². The highest BCUT2D eigenvalue weighted by atomic mass is 32.1. The quantitative estimate of drug-likeness (QED) is 0.408. The van der Waals surface area contributed by atoms with Crippen LogP contribution in [0.25, 0.3) is 0 Å². The Kier molecular flexibility index (Phi) is 5.68. The van der Waals surface area contributed by atoms with E-state index in [0.29, 0.717) is 0 Å². The van der Waals surface area contributed by atoms with E-state index in [2.05, 4.69) is 88.0 Å². The van der Waals surface area contributed by atoms with E-state index in [-0.39, 0.29) is 12.1 Å². The summed E-state index contributed by atoms with van der Waals surface area (Å²) in [4.78, 5) is 11.2. The van der Waals surface area contributed by atoms with Crippen molar-refractivity contribution in [3.8, 4) is 0 Å². The topological polar surface area (TPSA) is 46.0 Å². The number of hydrogen-bond donors (Lipinski definition) is 1. The number of nitrogens with zero attached hydrogens (tertiary/aromatic N) is 4. The Hall–Kier alpha value is -3.51. The lowest BCUT2D eigenvalue weighted by atomic mass is 9.96. The molecule has 1 N–H and O–H groups in total. The summed E-state index contributed by atoms with van der Waals surface area (Å²) in [6.07, 6.45) is 5.59. The Morgan fingerprint density at radius 3 is 2.48 bits per heavy atom. The molecule has 0 amide bonds. The number of rotatable bonds is 5. The number of benzene rings is 1. The third kappa shape index (κ3) is 4.02. The monoisotopic (exact) mass is 453 g/mol. The zero-order valence-electron chi connectivity index (χ0n) is 19.1. The summed E-state index contributed by atoms with van der Waals surface area (Å²) in [7, 11) is 0. The van der Waals surface area contributed by atoms with Crippen LogP contribution >= 0.6 is 12.2 Å². The number of nitrogens with one attached hydrogen (secondary N) is 1. The molecule has 1 aromatic carbocycles. The van der Waals surface area contributed by atoms with E-state index in [9.17, 15) is 0 Å². The predicted octanol–water partition coefficient (Wildman–Crippen LogP) is 5.43. The van der Waals surface area contributed by atoms with Gasteiger partial charge in [0, 0.05) is 42.2 Å². The van der Waals surface area contributed by atoms with Crippen molar-refractivity contribution in [2.45, 2.75) is 39.4 Å². The molecule has 0 unspecified atom stereocenters. The molecule has 166 valence electrons. The summed E-state index contributed by atoms with van der Waals surface area (Å²) in [6, 6.07) is 20.9. The van der Waals surface area contributed by atoms with Gasteiger partial charge in [0.2, 0.25) is 0 Å². The van der Waals surface area contributed by atoms with Crippen LogP contribution in [0.4, 0.5) is 5.69 Å². The Morgan fingerprint density at radius 1 is 0.970 bits per heavy atom. The molecule has 1 aliphatic heterocycles. The van der Waals surface area contributed by atoms with E-state index in [1.165, 1.54) is 28.1 Å². The first-order valence-electron chi connectivity index (χ1n) is 11.2. The first kappa shape index (κ1) is 21.3. The van der Waals surface area contributed by atoms with Crippen molar-refractivity contribution < 1.29 is 0 Å². The smallest absolute Gasteiger partial charge is 0.174 e. The van der Waals surface area contributed by atoms with Gasteiger partial charge in [-0.05, 0) is 80.5 Å². The van der Waals surface area contributed by atoms with Crippen LogP contribution in [-0.4, -0.2) is 19.6 Å². The number of aryl methyl sites for hydroxylation is 2. The molecule has 3 aromatic heterocycles. The van der Waals surface area contributed by atoms with Crippen LogP contribution in [0.5, 0.6) is 0 Å². The molecule has 2 atom stereocenters. The number of pyridine rings is 2. The number of aromatic nitrogens is 3. The lowest BCUT2D eigenvalue weighted by molar-refractivity contribution is 0.563. The normalized spacial score (nSPS) is 17.9. The maximum Gasteiger partial charge on any atom is 0.174 e. The first-order chi connectivity index (χ1) is 16.0. The van der Waals surface area contributed by atoms with E-state index in [1.807, 2.05) is 36.8 Å². The first-order valence-corrected chi connectivity index (χ1v) is 11.6. The number of hydrogen-bond acceptors (Lipinski definition) is 3. The molecule has 33 heavy (non-hydrogen) atoms. The van der Waals surface area contributed by atoms with Gasteiger partial charge in [-0.15, -0.1) is 0 Å². The van der Waals surface area contributed by atoms with Crippen molar-refractivity contribution in [1.82, 2.24) is 19.9 Å². The highest BCUT2D eigenvalue weighted by Gasteiger charge is 2.42. The molecule has 4 heterocycles. The van der Waals surface area contributed by atoms with Gasteiger partial charge in [0.25, 0.3) is 0 Å². The van der Waals surface area contributed by atoms with Crippen LogP contribution in [0.15, 0.2) is 79.3 Å². The minimum Gasteiger partial charge on any atom is -0.351 e. The summed E-state index contributed by atoms with van der Waals surface area (Å²) in [5.74, 6) is 0. The van der Waals surface area contributed by atoms with E-state index in [4.69, 9.17) is 12.2 Å². The Balaban J connectivity index is 1.62. The van der Waals surface area contributed by atoms with Crippen molar-refractivity contribution >= 4 is 23.0 Å². The highest BCUT2D eigenvalue weighted by molar-refractivity contribution is 7.80. The van der Waals surface area contributed by atoms with Crippen molar-refractivity contribution in [2.24, 2.45) is 0 Å². The Morgan fingerprint density at radius 2 is 1.79 bits per heavy atom. The van der Waals surface area contributed by atoms with Crippen LogP contribution < -0.4 is 10.2 Å². The average molecular weight is 454 g/mol. The Bertz CT molecular complexity index is 1270. The van der Waals surface area contributed by atoms with Crippen LogP contribution in [0.3, 0.4) is 0 Å². The molecule has 1 fully saturated rings. The molecule has 0 bridgehead atoms. The SMILES string of the molecule is Cc1ccc(N2C(=S)N[C@@H](c3ccccn3)[C@@H]2c2cc(C)n(Cc3cccnc3)c2C)cc1. The third-order valence-electron chi connectivity index (χ3n) is 6.41. The average Bonchev–Trinajstić information content (AvgIpc) is 3.32. The van der Waals surface area contributed by atoms with E-state index >= 15 is 0 Å². The molecule has 4 aromatic rings. The van der Waals surface area contributed by atoms with E-state index in [0.717, 1.165) is 23.0 Å². The van der Waals surface area contributed by atoms with Crippen molar-refractivity contribution in [3.63, 3.8) is 0 Å². The van der Waals surface area contributed by atoms with Crippen molar-refractivity contribution in [1.29, 1.82) is 0 Å².